The predicted molar refractivity (Wildman–Crippen MR) is 101 cm³/mol. The van der Waals surface area contributed by atoms with E-state index in [2.05, 4.69) is 4.90 Å². The van der Waals surface area contributed by atoms with Crippen LogP contribution in [0.4, 0.5) is 5.69 Å². The van der Waals surface area contributed by atoms with E-state index in [1.807, 2.05) is 29.2 Å². The molecule has 4 rings (SSSR count). The topological polar surface area (TPSA) is 42.0 Å². The minimum absolute atomic E-state index is 0.0934. The lowest BCUT2D eigenvalue weighted by atomic mass is 10.1. The Kier molecular flexibility index (Phi) is 4.51. The average Bonchev–Trinajstić information content (AvgIpc) is 3.24. The molecule has 0 N–H and O–H groups in total. The number of rotatable bonds is 4. The van der Waals surface area contributed by atoms with Gasteiger partial charge in [0, 0.05) is 11.6 Å². The lowest BCUT2D eigenvalue weighted by molar-refractivity contribution is -0.119. The van der Waals surface area contributed by atoms with E-state index in [0.717, 1.165) is 30.7 Å². The number of carbonyl (C=O) groups excluding carboxylic acids is 1. The molecule has 0 radical (unpaired) electrons. The van der Waals surface area contributed by atoms with E-state index in [9.17, 15) is 4.79 Å². The van der Waals surface area contributed by atoms with Crippen LogP contribution in [-0.4, -0.2) is 37.6 Å². The molecule has 0 aromatic heterocycles. The van der Waals surface area contributed by atoms with Crippen molar-refractivity contribution in [1.29, 1.82) is 0 Å². The van der Waals surface area contributed by atoms with Gasteiger partial charge in [0.15, 0.2) is 0 Å². The molecule has 2 aliphatic heterocycles. The number of methoxy groups -OCH3 is 2. The fourth-order valence-corrected chi connectivity index (χ4v) is 4.19. The van der Waals surface area contributed by atoms with Crippen molar-refractivity contribution in [3.8, 4) is 11.5 Å². The Balaban J connectivity index is 1.85. The number of halogens is 1. The number of hydrogen-bond acceptors (Lipinski definition) is 4. The fourth-order valence-electron chi connectivity index (χ4n) is 4.02. The predicted octanol–water partition coefficient (Wildman–Crippen LogP) is 3.87. The molecular formula is C20H21ClN2O3. The third-order valence-corrected chi connectivity index (χ3v) is 5.40. The highest BCUT2D eigenvalue weighted by atomic mass is 35.5. The minimum atomic E-state index is -0.197. The van der Waals surface area contributed by atoms with Gasteiger partial charge in [-0.05, 0) is 48.7 Å². The molecule has 2 heterocycles. The maximum absolute atomic E-state index is 13.3. The molecule has 1 amide bonds. The van der Waals surface area contributed by atoms with Crippen LogP contribution in [0.3, 0.4) is 0 Å². The van der Waals surface area contributed by atoms with Gasteiger partial charge in [-0.3, -0.25) is 14.6 Å². The van der Waals surface area contributed by atoms with Crippen LogP contribution in [0.15, 0.2) is 42.5 Å². The second-order valence-corrected chi connectivity index (χ2v) is 7.01. The SMILES string of the molecule is COc1cccc(C2N(c3cc(Cl)ccc3OC)C(=O)C3CCCN32)c1. The first-order valence-electron chi connectivity index (χ1n) is 8.70. The maximum Gasteiger partial charge on any atom is 0.246 e. The largest absolute Gasteiger partial charge is 0.497 e. The number of benzene rings is 2. The highest BCUT2D eigenvalue weighted by molar-refractivity contribution is 6.31. The first-order chi connectivity index (χ1) is 12.6. The van der Waals surface area contributed by atoms with Crippen molar-refractivity contribution in [3.63, 3.8) is 0 Å². The minimum Gasteiger partial charge on any atom is -0.497 e. The van der Waals surface area contributed by atoms with Gasteiger partial charge in [-0.1, -0.05) is 23.7 Å². The second-order valence-electron chi connectivity index (χ2n) is 6.57. The highest BCUT2D eigenvalue weighted by Crippen LogP contribution is 2.46. The third-order valence-electron chi connectivity index (χ3n) is 5.17. The van der Waals surface area contributed by atoms with Crippen LogP contribution in [-0.2, 0) is 4.79 Å². The summed E-state index contributed by atoms with van der Waals surface area (Å²) in [6.07, 6.45) is 1.70. The Morgan fingerprint density at radius 3 is 2.73 bits per heavy atom. The van der Waals surface area contributed by atoms with Gasteiger partial charge in [0.25, 0.3) is 0 Å². The van der Waals surface area contributed by atoms with Gasteiger partial charge in [0.2, 0.25) is 5.91 Å². The molecule has 2 unspecified atom stereocenters. The Morgan fingerprint density at radius 1 is 1.12 bits per heavy atom. The average molecular weight is 373 g/mol. The number of hydrogen-bond donors (Lipinski definition) is 0. The zero-order valence-corrected chi connectivity index (χ0v) is 15.6. The monoisotopic (exact) mass is 372 g/mol. The lowest BCUT2D eigenvalue weighted by Gasteiger charge is -2.30. The molecule has 2 aliphatic rings. The normalized spacial score (nSPS) is 22.6. The summed E-state index contributed by atoms with van der Waals surface area (Å²) in [5.74, 6) is 1.50. The summed E-state index contributed by atoms with van der Waals surface area (Å²) in [5.41, 5.74) is 1.72. The summed E-state index contributed by atoms with van der Waals surface area (Å²) < 4.78 is 10.9. The van der Waals surface area contributed by atoms with E-state index in [1.165, 1.54) is 0 Å². The molecule has 136 valence electrons. The van der Waals surface area contributed by atoms with E-state index < -0.39 is 0 Å². The van der Waals surface area contributed by atoms with Crippen LogP contribution < -0.4 is 14.4 Å². The van der Waals surface area contributed by atoms with Crippen LogP contribution >= 0.6 is 11.6 Å². The second kappa shape index (κ2) is 6.82. The van der Waals surface area contributed by atoms with Gasteiger partial charge >= 0.3 is 0 Å². The number of ether oxygens (including phenoxy) is 2. The van der Waals surface area contributed by atoms with Crippen molar-refractivity contribution in [1.82, 2.24) is 4.90 Å². The molecule has 2 aromatic rings. The maximum atomic E-state index is 13.3. The van der Waals surface area contributed by atoms with E-state index >= 15 is 0 Å². The molecule has 0 spiro atoms. The lowest BCUT2D eigenvalue weighted by Crippen LogP contribution is -2.32. The summed E-state index contributed by atoms with van der Waals surface area (Å²) in [6.45, 7) is 0.887. The van der Waals surface area contributed by atoms with Crippen molar-refractivity contribution < 1.29 is 14.3 Å². The van der Waals surface area contributed by atoms with Crippen molar-refractivity contribution in [2.75, 3.05) is 25.7 Å². The summed E-state index contributed by atoms with van der Waals surface area (Å²) in [7, 11) is 3.25. The molecule has 2 fully saturated rings. The van der Waals surface area contributed by atoms with Crippen LogP contribution in [0.5, 0.6) is 11.5 Å². The molecule has 0 bridgehead atoms. The third kappa shape index (κ3) is 2.72. The summed E-state index contributed by atoms with van der Waals surface area (Å²) in [5, 5.41) is 0.574. The van der Waals surface area contributed by atoms with Gasteiger partial charge in [0.1, 0.15) is 17.7 Å². The van der Waals surface area contributed by atoms with Crippen molar-refractivity contribution in [3.05, 3.63) is 53.1 Å². The van der Waals surface area contributed by atoms with Crippen molar-refractivity contribution in [2.45, 2.75) is 25.0 Å². The fraction of sp³-hybridized carbons (Fsp3) is 0.350. The zero-order valence-electron chi connectivity index (χ0n) is 14.8. The Hall–Kier alpha value is -2.24. The number of fused-ring (bicyclic) bond motifs is 1. The van der Waals surface area contributed by atoms with Crippen LogP contribution in [0.2, 0.25) is 5.02 Å². The van der Waals surface area contributed by atoms with E-state index in [-0.39, 0.29) is 18.1 Å². The van der Waals surface area contributed by atoms with Gasteiger partial charge in [-0.2, -0.15) is 0 Å². The van der Waals surface area contributed by atoms with Crippen molar-refractivity contribution in [2.24, 2.45) is 0 Å². The summed E-state index contributed by atoms with van der Waals surface area (Å²) in [4.78, 5) is 17.3. The molecule has 6 heteroatoms. The van der Waals surface area contributed by atoms with Crippen LogP contribution in [0, 0.1) is 0 Å². The highest BCUT2D eigenvalue weighted by Gasteiger charge is 2.50. The Labute approximate surface area is 158 Å². The molecule has 2 saturated heterocycles. The standard InChI is InChI=1S/C20H21ClN2O3/c1-25-15-6-3-5-13(11-15)19-22-10-4-7-16(22)20(24)23(19)17-12-14(21)8-9-18(17)26-2/h3,5-6,8-9,11-12,16,19H,4,7,10H2,1-2H3. The van der Waals surface area contributed by atoms with Crippen molar-refractivity contribution >= 4 is 23.2 Å². The zero-order chi connectivity index (χ0) is 18.3. The number of amides is 1. The number of anilines is 1. The molecule has 26 heavy (non-hydrogen) atoms. The van der Waals surface area contributed by atoms with E-state index in [4.69, 9.17) is 21.1 Å². The molecular weight excluding hydrogens is 352 g/mol. The van der Waals surface area contributed by atoms with Gasteiger partial charge in [0.05, 0.1) is 25.9 Å². The number of carbonyl (C=O) groups is 1. The van der Waals surface area contributed by atoms with Crippen LogP contribution in [0.1, 0.15) is 24.6 Å². The molecule has 5 nitrogen and oxygen atoms in total. The van der Waals surface area contributed by atoms with Gasteiger partial charge in [-0.25, -0.2) is 0 Å². The summed E-state index contributed by atoms with van der Waals surface area (Å²) >= 11 is 6.23. The Bertz CT molecular complexity index is 842. The summed E-state index contributed by atoms with van der Waals surface area (Å²) in [6, 6.07) is 13.2. The number of nitrogens with zero attached hydrogens (tertiary/aromatic N) is 2. The van der Waals surface area contributed by atoms with Gasteiger partial charge < -0.3 is 9.47 Å². The molecule has 2 aromatic carbocycles. The molecule has 0 saturated carbocycles. The molecule has 0 aliphatic carbocycles. The van der Waals surface area contributed by atoms with E-state index in [1.54, 1.807) is 32.4 Å². The Morgan fingerprint density at radius 2 is 1.96 bits per heavy atom. The van der Waals surface area contributed by atoms with E-state index in [0.29, 0.717) is 16.5 Å². The quantitative estimate of drug-likeness (QED) is 0.817. The smallest absolute Gasteiger partial charge is 0.246 e. The first kappa shape index (κ1) is 17.2. The van der Waals surface area contributed by atoms with Gasteiger partial charge in [-0.15, -0.1) is 0 Å². The molecule has 2 atom stereocenters. The van der Waals surface area contributed by atoms with Crippen LogP contribution in [0.25, 0.3) is 0 Å². The first-order valence-corrected chi connectivity index (χ1v) is 9.08.